The number of fused-ring (bicyclic) bond motifs is 1. The summed E-state index contributed by atoms with van der Waals surface area (Å²) in [6.07, 6.45) is 1.64. The minimum Gasteiger partial charge on any atom is -0.396 e. The van der Waals surface area contributed by atoms with Crippen molar-refractivity contribution in [3.05, 3.63) is 30.0 Å². The van der Waals surface area contributed by atoms with Crippen molar-refractivity contribution in [2.75, 3.05) is 24.2 Å². The summed E-state index contributed by atoms with van der Waals surface area (Å²) in [7, 11) is 0. The number of nitrogens with two attached hydrogens (primary N) is 1. The fourth-order valence-corrected chi connectivity index (χ4v) is 1.70. The topological polar surface area (TPSA) is 71.2 Å². The molecule has 0 fully saturated rings. The van der Waals surface area contributed by atoms with Gasteiger partial charge in [-0.2, -0.15) is 0 Å². The van der Waals surface area contributed by atoms with Crippen LogP contribution >= 0.6 is 0 Å². The van der Waals surface area contributed by atoms with Gasteiger partial charge in [-0.1, -0.05) is 11.6 Å². The Balaban J connectivity index is 2.58. The van der Waals surface area contributed by atoms with E-state index in [1.54, 1.807) is 6.20 Å². The lowest BCUT2D eigenvalue weighted by Gasteiger charge is -2.11. The number of pyridine rings is 1. The predicted molar refractivity (Wildman–Crippen MR) is 66.5 cm³/mol. The Morgan fingerprint density at radius 1 is 1.44 bits per heavy atom. The molecule has 0 aliphatic rings. The molecule has 0 aliphatic carbocycles. The summed E-state index contributed by atoms with van der Waals surface area (Å²) in [5, 5.41) is 12.9. The SMILES string of the molecule is Cc1ccc2ncc(N)c(NCCO)c2c1. The standard InChI is InChI=1S/C12H15N3O/c1-8-2-3-11-9(6-8)12(14-4-5-16)10(13)7-15-11/h2-3,6-7,16H,4-5,13H2,1H3,(H,14,15). The number of aliphatic hydroxyl groups is 1. The zero-order valence-corrected chi connectivity index (χ0v) is 9.20. The fourth-order valence-electron chi connectivity index (χ4n) is 1.70. The summed E-state index contributed by atoms with van der Waals surface area (Å²) in [4.78, 5) is 4.26. The Hall–Kier alpha value is -1.81. The zero-order valence-electron chi connectivity index (χ0n) is 9.20. The number of nitrogen functional groups attached to an aromatic ring is 1. The number of aliphatic hydroxyl groups excluding tert-OH is 1. The first-order chi connectivity index (χ1) is 7.72. The van der Waals surface area contributed by atoms with Gasteiger partial charge in [-0.15, -0.1) is 0 Å². The first kappa shape index (κ1) is 10.7. The first-order valence-electron chi connectivity index (χ1n) is 5.22. The molecule has 0 amide bonds. The summed E-state index contributed by atoms with van der Waals surface area (Å²) < 4.78 is 0. The van der Waals surface area contributed by atoms with Crippen molar-refractivity contribution < 1.29 is 5.11 Å². The summed E-state index contributed by atoms with van der Waals surface area (Å²) in [6, 6.07) is 6.02. The van der Waals surface area contributed by atoms with Crippen molar-refractivity contribution in [1.82, 2.24) is 4.98 Å². The van der Waals surface area contributed by atoms with Crippen molar-refractivity contribution in [3.63, 3.8) is 0 Å². The quantitative estimate of drug-likeness (QED) is 0.729. The molecule has 0 aliphatic heterocycles. The molecule has 0 saturated heterocycles. The van der Waals surface area contributed by atoms with Gasteiger partial charge in [-0.05, 0) is 19.1 Å². The third-order valence-corrected chi connectivity index (χ3v) is 2.47. The van der Waals surface area contributed by atoms with Crippen molar-refractivity contribution in [3.8, 4) is 0 Å². The Morgan fingerprint density at radius 3 is 3.00 bits per heavy atom. The Morgan fingerprint density at radius 2 is 2.25 bits per heavy atom. The van der Waals surface area contributed by atoms with E-state index in [0.717, 1.165) is 22.2 Å². The number of aryl methyl sites for hydroxylation is 1. The van der Waals surface area contributed by atoms with E-state index in [2.05, 4.69) is 10.3 Å². The second kappa shape index (κ2) is 4.37. The van der Waals surface area contributed by atoms with Gasteiger partial charge < -0.3 is 16.2 Å². The molecular weight excluding hydrogens is 202 g/mol. The molecule has 4 N–H and O–H groups in total. The normalized spacial score (nSPS) is 10.6. The van der Waals surface area contributed by atoms with E-state index in [1.807, 2.05) is 25.1 Å². The average molecular weight is 217 g/mol. The number of nitrogens with zero attached hydrogens (tertiary/aromatic N) is 1. The molecule has 2 aromatic rings. The summed E-state index contributed by atoms with van der Waals surface area (Å²) in [6.45, 7) is 2.59. The molecule has 1 heterocycles. The van der Waals surface area contributed by atoms with Gasteiger partial charge in [0.25, 0.3) is 0 Å². The maximum Gasteiger partial charge on any atom is 0.0743 e. The van der Waals surface area contributed by atoms with E-state index < -0.39 is 0 Å². The van der Waals surface area contributed by atoms with Crippen LogP contribution in [0.1, 0.15) is 5.56 Å². The molecule has 0 spiro atoms. The van der Waals surface area contributed by atoms with Gasteiger partial charge in [0.05, 0.1) is 29.7 Å². The van der Waals surface area contributed by atoms with Crippen molar-refractivity contribution in [2.24, 2.45) is 0 Å². The highest BCUT2D eigenvalue weighted by Gasteiger charge is 2.05. The van der Waals surface area contributed by atoms with E-state index in [1.165, 1.54) is 0 Å². The van der Waals surface area contributed by atoms with Crippen LogP contribution < -0.4 is 11.1 Å². The Labute approximate surface area is 94.1 Å². The largest absolute Gasteiger partial charge is 0.396 e. The molecular formula is C12H15N3O. The summed E-state index contributed by atoms with van der Waals surface area (Å²) in [5.74, 6) is 0. The molecule has 4 heteroatoms. The molecule has 0 radical (unpaired) electrons. The second-order valence-electron chi connectivity index (χ2n) is 3.76. The molecule has 0 unspecified atom stereocenters. The Kier molecular flexibility index (Phi) is 2.92. The number of nitrogens with one attached hydrogen (secondary N) is 1. The van der Waals surface area contributed by atoms with E-state index in [0.29, 0.717) is 12.2 Å². The minimum absolute atomic E-state index is 0.0784. The summed E-state index contributed by atoms with van der Waals surface area (Å²) >= 11 is 0. The molecule has 0 saturated carbocycles. The smallest absolute Gasteiger partial charge is 0.0743 e. The van der Waals surface area contributed by atoms with Crippen LogP contribution in [0.2, 0.25) is 0 Å². The maximum absolute atomic E-state index is 8.83. The van der Waals surface area contributed by atoms with Gasteiger partial charge >= 0.3 is 0 Å². The monoisotopic (exact) mass is 217 g/mol. The number of aromatic nitrogens is 1. The van der Waals surface area contributed by atoms with Crippen molar-refractivity contribution in [1.29, 1.82) is 0 Å². The minimum atomic E-state index is 0.0784. The van der Waals surface area contributed by atoms with Gasteiger partial charge in [0.1, 0.15) is 0 Å². The van der Waals surface area contributed by atoms with E-state index >= 15 is 0 Å². The number of rotatable bonds is 3. The molecule has 4 nitrogen and oxygen atoms in total. The van der Waals surface area contributed by atoms with Crippen LogP contribution in [0.25, 0.3) is 10.9 Å². The van der Waals surface area contributed by atoms with Gasteiger partial charge in [0, 0.05) is 11.9 Å². The number of anilines is 2. The van der Waals surface area contributed by atoms with E-state index in [9.17, 15) is 0 Å². The van der Waals surface area contributed by atoms with Crippen LogP contribution in [0, 0.1) is 6.92 Å². The van der Waals surface area contributed by atoms with Gasteiger partial charge in [-0.3, -0.25) is 4.98 Å². The van der Waals surface area contributed by atoms with Crippen molar-refractivity contribution in [2.45, 2.75) is 6.92 Å². The third-order valence-electron chi connectivity index (χ3n) is 2.47. The summed E-state index contributed by atoms with van der Waals surface area (Å²) in [5.41, 5.74) is 9.39. The first-order valence-corrected chi connectivity index (χ1v) is 5.22. The van der Waals surface area contributed by atoms with E-state index in [-0.39, 0.29) is 6.61 Å². The van der Waals surface area contributed by atoms with Crippen molar-refractivity contribution >= 4 is 22.3 Å². The lowest BCUT2D eigenvalue weighted by molar-refractivity contribution is 0.311. The lowest BCUT2D eigenvalue weighted by atomic mass is 10.1. The van der Waals surface area contributed by atoms with Gasteiger partial charge in [-0.25, -0.2) is 0 Å². The highest BCUT2D eigenvalue weighted by Crippen LogP contribution is 2.28. The maximum atomic E-state index is 8.83. The molecule has 1 aromatic heterocycles. The average Bonchev–Trinajstić information content (AvgIpc) is 2.28. The van der Waals surface area contributed by atoms with Gasteiger partial charge in [0.2, 0.25) is 0 Å². The molecule has 2 rings (SSSR count). The highest BCUT2D eigenvalue weighted by atomic mass is 16.3. The van der Waals surface area contributed by atoms with Crippen LogP contribution in [0.3, 0.4) is 0 Å². The van der Waals surface area contributed by atoms with E-state index in [4.69, 9.17) is 10.8 Å². The lowest BCUT2D eigenvalue weighted by Crippen LogP contribution is -2.08. The number of benzene rings is 1. The fraction of sp³-hybridized carbons (Fsp3) is 0.250. The van der Waals surface area contributed by atoms with Crippen LogP contribution in [-0.2, 0) is 0 Å². The molecule has 84 valence electrons. The molecule has 1 aromatic carbocycles. The number of hydrogen-bond donors (Lipinski definition) is 3. The van der Waals surface area contributed by atoms with Crippen LogP contribution in [0.4, 0.5) is 11.4 Å². The second-order valence-corrected chi connectivity index (χ2v) is 3.76. The third kappa shape index (κ3) is 1.92. The Bertz CT molecular complexity index is 506. The number of hydrogen-bond acceptors (Lipinski definition) is 4. The molecule has 0 bridgehead atoms. The zero-order chi connectivity index (χ0) is 11.5. The predicted octanol–water partition coefficient (Wildman–Crippen LogP) is 1.53. The van der Waals surface area contributed by atoms with Gasteiger partial charge in [0.15, 0.2) is 0 Å². The van der Waals surface area contributed by atoms with Crippen LogP contribution in [-0.4, -0.2) is 23.2 Å². The highest BCUT2D eigenvalue weighted by molar-refractivity contribution is 5.97. The molecule has 0 atom stereocenters. The van der Waals surface area contributed by atoms with Crippen LogP contribution in [0.5, 0.6) is 0 Å². The van der Waals surface area contributed by atoms with Crippen LogP contribution in [0.15, 0.2) is 24.4 Å². The molecule has 16 heavy (non-hydrogen) atoms.